The third kappa shape index (κ3) is 3.54. The van der Waals surface area contributed by atoms with Gasteiger partial charge in [-0.25, -0.2) is 4.79 Å². The van der Waals surface area contributed by atoms with Gasteiger partial charge < -0.3 is 15.3 Å². The van der Waals surface area contributed by atoms with Crippen LogP contribution in [0.1, 0.15) is 40.4 Å². The number of carboxylic acid groups (broad SMARTS) is 1. The van der Waals surface area contributed by atoms with Crippen LogP contribution in [0.15, 0.2) is 48.5 Å². The molecule has 23 heavy (non-hydrogen) atoms. The molecule has 0 saturated carbocycles. The van der Waals surface area contributed by atoms with Crippen LogP contribution in [-0.4, -0.2) is 24.7 Å². The fourth-order valence-electron chi connectivity index (χ4n) is 3.16. The van der Waals surface area contributed by atoms with Crippen LogP contribution in [0.2, 0.25) is 0 Å². The Balaban J connectivity index is 1.72. The topological polar surface area (TPSA) is 52.6 Å². The molecule has 0 amide bonds. The third-order valence-corrected chi connectivity index (χ3v) is 4.46. The number of aromatic carboxylic acids is 1. The number of para-hydroxylation sites is 1. The molecular formula is C19H22N2O2. The lowest BCUT2D eigenvalue weighted by Gasteiger charge is -2.22. The molecule has 2 aromatic rings. The number of fused-ring (bicyclic) bond motifs is 1. The van der Waals surface area contributed by atoms with E-state index in [9.17, 15) is 4.79 Å². The molecule has 1 unspecified atom stereocenters. The van der Waals surface area contributed by atoms with Gasteiger partial charge in [0.25, 0.3) is 0 Å². The summed E-state index contributed by atoms with van der Waals surface area (Å²) in [6.45, 7) is 1.81. The molecule has 0 fully saturated rings. The second-order valence-electron chi connectivity index (χ2n) is 6.06. The summed E-state index contributed by atoms with van der Waals surface area (Å²) >= 11 is 0. The highest BCUT2D eigenvalue weighted by atomic mass is 16.4. The number of carbonyl (C=O) groups is 1. The maximum Gasteiger partial charge on any atom is 0.335 e. The first kappa shape index (κ1) is 15.6. The van der Waals surface area contributed by atoms with Gasteiger partial charge in [0, 0.05) is 31.9 Å². The van der Waals surface area contributed by atoms with Gasteiger partial charge in [0.05, 0.1) is 5.56 Å². The molecule has 2 aromatic carbocycles. The Bertz CT molecular complexity index is 682. The van der Waals surface area contributed by atoms with E-state index in [4.69, 9.17) is 5.11 Å². The predicted molar refractivity (Wildman–Crippen MR) is 91.9 cm³/mol. The number of rotatable bonds is 4. The van der Waals surface area contributed by atoms with Crippen molar-refractivity contribution in [2.75, 3.05) is 18.5 Å². The monoisotopic (exact) mass is 310 g/mol. The van der Waals surface area contributed by atoms with Gasteiger partial charge in [0.1, 0.15) is 0 Å². The molecular weight excluding hydrogens is 288 g/mol. The van der Waals surface area contributed by atoms with Crippen LogP contribution >= 0.6 is 0 Å². The Morgan fingerprint density at radius 1 is 1.22 bits per heavy atom. The summed E-state index contributed by atoms with van der Waals surface area (Å²) in [6.07, 6.45) is 2.26. The number of nitrogens with zero attached hydrogens (tertiary/aromatic N) is 1. The van der Waals surface area contributed by atoms with Gasteiger partial charge in [0.2, 0.25) is 0 Å². The van der Waals surface area contributed by atoms with Crippen molar-refractivity contribution < 1.29 is 9.90 Å². The Morgan fingerprint density at radius 3 is 2.70 bits per heavy atom. The van der Waals surface area contributed by atoms with Gasteiger partial charge in [-0.05, 0) is 42.2 Å². The van der Waals surface area contributed by atoms with Crippen molar-refractivity contribution in [1.82, 2.24) is 5.32 Å². The van der Waals surface area contributed by atoms with E-state index in [1.807, 2.05) is 12.1 Å². The van der Waals surface area contributed by atoms with Gasteiger partial charge in [-0.15, -0.1) is 0 Å². The molecule has 1 atom stereocenters. The van der Waals surface area contributed by atoms with Crippen molar-refractivity contribution >= 4 is 11.7 Å². The number of anilines is 1. The van der Waals surface area contributed by atoms with Crippen molar-refractivity contribution in [2.24, 2.45) is 0 Å². The zero-order valence-corrected chi connectivity index (χ0v) is 13.3. The minimum absolute atomic E-state index is 0.329. The average molecular weight is 310 g/mol. The molecule has 3 rings (SSSR count). The van der Waals surface area contributed by atoms with Gasteiger partial charge >= 0.3 is 5.97 Å². The van der Waals surface area contributed by atoms with Gasteiger partial charge in [0.15, 0.2) is 0 Å². The van der Waals surface area contributed by atoms with E-state index < -0.39 is 5.97 Å². The predicted octanol–water partition coefficient (Wildman–Crippen LogP) is 3.45. The Labute approximate surface area is 136 Å². The summed E-state index contributed by atoms with van der Waals surface area (Å²) in [7, 11) is 2.14. The van der Waals surface area contributed by atoms with Gasteiger partial charge in [-0.1, -0.05) is 30.3 Å². The average Bonchev–Trinajstić information content (AvgIpc) is 2.73. The summed E-state index contributed by atoms with van der Waals surface area (Å²) in [4.78, 5) is 13.2. The van der Waals surface area contributed by atoms with E-state index in [1.54, 1.807) is 12.1 Å². The minimum atomic E-state index is -0.884. The fourth-order valence-corrected chi connectivity index (χ4v) is 3.16. The molecule has 4 heteroatoms. The standard InChI is InChI=1S/C19H22N2O2/c1-21-12-4-6-17(16-5-2-3-7-18(16)21)20-13-14-8-10-15(11-9-14)19(22)23/h2-3,5,7-11,17,20H,4,6,12-13H2,1H3,(H,22,23). The Morgan fingerprint density at radius 2 is 1.96 bits per heavy atom. The molecule has 0 aromatic heterocycles. The molecule has 0 radical (unpaired) electrons. The quantitative estimate of drug-likeness (QED) is 0.908. The molecule has 1 aliphatic rings. The van der Waals surface area contributed by atoms with Crippen LogP contribution in [-0.2, 0) is 6.54 Å². The second kappa shape index (κ2) is 6.84. The summed E-state index contributed by atoms with van der Waals surface area (Å²) in [5.41, 5.74) is 4.07. The number of benzene rings is 2. The van der Waals surface area contributed by atoms with Gasteiger partial charge in [-0.2, -0.15) is 0 Å². The molecule has 0 aliphatic carbocycles. The van der Waals surface area contributed by atoms with E-state index >= 15 is 0 Å². The lowest BCUT2D eigenvalue weighted by molar-refractivity contribution is 0.0697. The molecule has 0 saturated heterocycles. The number of hydrogen-bond donors (Lipinski definition) is 2. The molecule has 120 valence electrons. The van der Waals surface area contributed by atoms with Crippen molar-refractivity contribution in [1.29, 1.82) is 0 Å². The van der Waals surface area contributed by atoms with E-state index in [-0.39, 0.29) is 0 Å². The largest absolute Gasteiger partial charge is 0.478 e. The maximum absolute atomic E-state index is 10.9. The molecule has 0 bridgehead atoms. The summed E-state index contributed by atoms with van der Waals surface area (Å²) in [6, 6.07) is 16.0. The van der Waals surface area contributed by atoms with E-state index in [2.05, 4.69) is 41.5 Å². The fraction of sp³-hybridized carbons (Fsp3) is 0.316. The van der Waals surface area contributed by atoms with E-state index in [0.717, 1.165) is 31.5 Å². The maximum atomic E-state index is 10.9. The molecule has 1 aliphatic heterocycles. The Kier molecular flexibility index (Phi) is 4.63. The number of carboxylic acids is 1. The lowest BCUT2D eigenvalue weighted by atomic mass is 10.0. The van der Waals surface area contributed by atoms with Crippen LogP contribution < -0.4 is 10.2 Å². The highest BCUT2D eigenvalue weighted by Crippen LogP contribution is 2.32. The third-order valence-electron chi connectivity index (χ3n) is 4.46. The number of nitrogens with one attached hydrogen (secondary N) is 1. The number of hydrogen-bond acceptors (Lipinski definition) is 3. The summed E-state index contributed by atoms with van der Waals surface area (Å²) in [5, 5.41) is 12.6. The molecule has 0 spiro atoms. The first-order valence-electron chi connectivity index (χ1n) is 8.01. The first-order valence-corrected chi connectivity index (χ1v) is 8.01. The van der Waals surface area contributed by atoms with Crippen molar-refractivity contribution in [2.45, 2.75) is 25.4 Å². The minimum Gasteiger partial charge on any atom is -0.478 e. The van der Waals surface area contributed by atoms with Crippen molar-refractivity contribution in [3.8, 4) is 0 Å². The van der Waals surface area contributed by atoms with Gasteiger partial charge in [-0.3, -0.25) is 0 Å². The Hall–Kier alpha value is -2.33. The zero-order chi connectivity index (χ0) is 16.2. The van der Waals surface area contributed by atoms with Crippen LogP contribution in [0, 0.1) is 0 Å². The molecule has 1 heterocycles. The van der Waals surface area contributed by atoms with Crippen molar-refractivity contribution in [3.05, 3.63) is 65.2 Å². The van der Waals surface area contributed by atoms with Crippen LogP contribution in [0.4, 0.5) is 5.69 Å². The van der Waals surface area contributed by atoms with Crippen LogP contribution in [0.3, 0.4) is 0 Å². The smallest absolute Gasteiger partial charge is 0.335 e. The first-order chi connectivity index (χ1) is 11.1. The highest BCUT2D eigenvalue weighted by Gasteiger charge is 2.20. The van der Waals surface area contributed by atoms with Crippen molar-refractivity contribution in [3.63, 3.8) is 0 Å². The zero-order valence-electron chi connectivity index (χ0n) is 13.3. The van der Waals surface area contributed by atoms with Crippen LogP contribution in [0.25, 0.3) is 0 Å². The molecule has 4 nitrogen and oxygen atoms in total. The second-order valence-corrected chi connectivity index (χ2v) is 6.06. The SMILES string of the molecule is CN1CCCC(NCc2ccc(C(=O)O)cc2)c2ccccc21. The summed E-state index contributed by atoms with van der Waals surface area (Å²) in [5.74, 6) is -0.884. The highest BCUT2D eigenvalue weighted by molar-refractivity contribution is 5.87. The van der Waals surface area contributed by atoms with E-state index in [1.165, 1.54) is 11.3 Å². The summed E-state index contributed by atoms with van der Waals surface area (Å²) < 4.78 is 0. The lowest BCUT2D eigenvalue weighted by Crippen LogP contribution is -2.21. The molecule has 2 N–H and O–H groups in total. The normalized spacial score (nSPS) is 17.4. The van der Waals surface area contributed by atoms with Crippen LogP contribution in [0.5, 0.6) is 0 Å². The van der Waals surface area contributed by atoms with E-state index in [0.29, 0.717) is 11.6 Å².